The maximum Gasteiger partial charge on any atom is 0.238 e. The number of hydrogen-bond acceptors (Lipinski definition) is 3. The van der Waals surface area contributed by atoms with Gasteiger partial charge >= 0.3 is 0 Å². The zero-order valence-corrected chi connectivity index (χ0v) is 7.71. The molecule has 0 unspecified atom stereocenters. The van der Waals surface area contributed by atoms with Crippen LogP contribution in [0.1, 0.15) is 19.8 Å². The predicted octanol–water partition coefficient (Wildman–Crippen LogP) is -0.293. The van der Waals surface area contributed by atoms with Gasteiger partial charge in [-0.15, -0.1) is 0 Å². The molecule has 0 aromatic heterocycles. The molecule has 0 aromatic rings. The molecule has 12 heavy (non-hydrogen) atoms. The number of rotatable bonds is 1. The quantitative estimate of drug-likeness (QED) is 0.324. The number of nitrogens with zero attached hydrogens (tertiary/aromatic N) is 1. The SMILES string of the molecule is C[C@@H]1[C@H](C(=O)NN)CCCN1C. The molecule has 1 amide bonds. The van der Waals surface area contributed by atoms with Crippen molar-refractivity contribution in [3.8, 4) is 0 Å². The minimum absolute atomic E-state index is 0.0333. The highest BCUT2D eigenvalue weighted by molar-refractivity contribution is 5.78. The summed E-state index contributed by atoms with van der Waals surface area (Å²) in [6.45, 7) is 3.15. The Morgan fingerprint density at radius 3 is 2.92 bits per heavy atom. The van der Waals surface area contributed by atoms with Crippen molar-refractivity contribution in [1.82, 2.24) is 10.3 Å². The third-order valence-corrected chi connectivity index (χ3v) is 2.78. The average Bonchev–Trinajstić information content (AvgIpc) is 2.08. The highest BCUT2D eigenvalue weighted by Gasteiger charge is 2.30. The van der Waals surface area contributed by atoms with Crippen LogP contribution in [0.25, 0.3) is 0 Å². The number of nitrogens with one attached hydrogen (secondary N) is 1. The first kappa shape index (κ1) is 9.48. The fourth-order valence-electron chi connectivity index (χ4n) is 1.77. The van der Waals surface area contributed by atoms with Crippen LogP contribution >= 0.6 is 0 Å². The van der Waals surface area contributed by atoms with Crippen LogP contribution in [0.3, 0.4) is 0 Å². The van der Waals surface area contributed by atoms with E-state index in [9.17, 15) is 4.79 Å². The lowest BCUT2D eigenvalue weighted by atomic mass is 9.90. The Bertz CT molecular complexity index is 172. The number of hydrogen-bond donors (Lipinski definition) is 2. The Labute approximate surface area is 73.1 Å². The Morgan fingerprint density at radius 1 is 1.67 bits per heavy atom. The molecule has 1 aliphatic heterocycles. The van der Waals surface area contributed by atoms with Gasteiger partial charge in [0.2, 0.25) is 5.91 Å². The lowest BCUT2D eigenvalue weighted by Gasteiger charge is -2.35. The molecule has 1 fully saturated rings. The van der Waals surface area contributed by atoms with Gasteiger partial charge < -0.3 is 4.90 Å². The molecule has 0 radical (unpaired) electrons. The number of carbonyl (C=O) groups is 1. The van der Waals surface area contributed by atoms with Gasteiger partial charge in [-0.05, 0) is 33.4 Å². The number of amides is 1. The van der Waals surface area contributed by atoms with Gasteiger partial charge in [-0.1, -0.05) is 0 Å². The topological polar surface area (TPSA) is 58.4 Å². The van der Waals surface area contributed by atoms with Crippen molar-refractivity contribution in [2.75, 3.05) is 13.6 Å². The van der Waals surface area contributed by atoms with Gasteiger partial charge in [-0.25, -0.2) is 5.84 Å². The molecule has 2 atom stereocenters. The first-order valence-corrected chi connectivity index (χ1v) is 4.37. The number of nitrogens with two attached hydrogens (primary N) is 1. The van der Waals surface area contributed by atoms with E-state index in [1.807, 2.05) is 7.05 Å². The average molecular weight is 171 g/mol. The summed E-state index contributed by atoms with van der Waals surface area (Å²) in [4.78, 5) is 13.5. The van der Waals surface area contributed by atoms with Crippen LogP contribution in [0, 0.1) is 5.92 Å². The maximum atomic E-state index is 11.3. The van der Waals surface area contributed by atoms with E-state index >= 15 is 0 Å². The number of likely N-dealkylation sites (tertiary alicyclic amines) is 1. The first-order chi connectivity index (χ1) is 5.66. The minimum Gasteiger partial charge on any atom is -0.303 e. The molecular formula is C8H17N3O. The van der Waals surface area contributed by atoms with Crippen LogP contribution in [-0.4, -0.2) is 30.4 Å². The molecule has 1 heterocycles. The molecule has 4 heteroatoms. The van der Waals surface area contributed by atoms with E-state index in [1.165, 1.54) is 0 Å². The molecule has 70 valence electrons. The van der Waals surface area contributed by atoms with Gasteiger partial charge in [0, 0.05) is 6.04 Å². The number of piperidine rings is 1. The second-order valence-electron chi connectivity index (χ2n) is 3.48. The molecule has 0 aromatic carbocycles. The fourth-order valence-corrected chi connectivity index (χ4v) is 1.77. The lowest BCUT2D eigenvalue weighted by molar-refractivity contribution is -0.128. The summed E-state index contributed by atoms with van der Waals surface area (Å²) in [6.07, 6.45) is 2.04. The highest BCUT2D eigenvalue weighted by Crippen LogP contribution is 2.21. The van der Waals surface area contributed by atoms with E-state index in [0.717, 1.165) is 19.4 Å². The Kier molecular flexibility index (Phi) is 3.05. The van der Waals surface area contributed by atoms with Crippen molar-refractivity contribution in [3.05, 3.63) is 0 Å². The van der Waals surface area contributed by atoms with Crippen molar-refractivity contribution in [1.29, 1.82) is 0 Å². The summed E-state index contributed by atoms with van der Waals surface area (Å²) in [6, 6.07) is 0.308. The van der Waals surface area contributed by atoms with E-state index in [2.05, 4.69) is 17.2 Å². The normalized spacial score (nSPS) is 31.6. The summed E-state index contributed by atoms with van der Waals surface area (Å²) >= 11 is 0. The zero-order valence-electron chi connectivity index (χ0n) is 7.71. The summed E-state index contributed by atoms with van der Waals surface area (Å²) in [5.74, 6) is 5.12. The van der Waals surface area contributed by atoms with Crippen LogP contribution in [-0.2, 0) is 4.79 Å². The molecule has 0 saturated carbocycles. The Morgan fingerprint density at radius 2 is 2.33 bits per heavy atom. The van der Waals surface area contributed by atoms with Gasteiger partial charge in [0.15, 0.2) is 0 Å². The van der Waals surface area contributed by atoms with Gasteiger partial charge in [-0.2, -0.15) is 0 Å². The van der Waals surface area contributed by atoms with Crippen molar-refractivity contribution < 1.29 is 4.79 Å². The third kappa shape index (κ3) is 1.76. The number of hydrazine groups is 1. The minimum atomic E-state index is -0.0333. The smallest absolute Gasteiger partial charge is 0.238 e. The standard InChI is InChI=1S/C8H17N3O/c1-6-7(8(12)10-9)4-3-5-11(6)2/h6-7H,3-5,9H2,1-2H3,(H,10,12)/t6-,7-/m1/s1. The van der Waals surface area contributed by atoms with Crippen LogP contribution in [0.15, 0.2) is 0 Å². The van der Waals surface area contributed by atoms with Gasteiger partial charge in [-0.3, -0.25) is 10.2 Å². The van der Waals surface area contributed by atoms with Gasteiger partial charge in [0.1, 0.15) is 0 Å². The second-order valence-corrected chi connectivity index (χ2v) is 3.48. The molecule has 4 nitrogen and oxygen atoms in total. The molecule has 1 saturated heterocycles. The first-order valence-electron chi connectivity index (χ1n) is 4.37. The largest absolute Gasteiger partial charge is 0.303 e. The maximum absolute atomic E-state index is 11.3. The summed E-state index contributed by atoms with van der Waals surface area (Å²) in [7, 11) is 2.04. The summed E-state index contributed by atoms with van der Waals surface area (Å²) < 4.78 is 0. The van der Waals surface area contributed by atoms with E-state index in [4.69, 9.17) is 5.84 Å². The molecular weight excluding hydrogens is 154 g/mol. The summed E-state index contributed by atoms with van der Waals surface area (Å²) in [5.41, 5.74) is 2.22. The van der Waals surface area contributed by atoms with E-state index < -0.39 is 0 Å². The lowest BCUT2D eigenvalue weighted by Crippen LogP contribution is -2.49. The van der Waals surface area contributed by atoms with E-state index in [1.54, 1.807) is 0 Å². The van der Waals surface area contributed by atoms with Crippen molar-refractivity contribution in [2.45, 2.75) is 25.8 Å². The van der Waals surface area contributed by atoms with Crippen molar-refractivity contribution in [3.63, 3.8) is 0 Å². The third-order valence-electron chi connectivity index (χ3n) is 2.78. The molecule has 0 bridgehead atoms. The van der Waals surface area contributed by atoms with Gasteiger partial charge in [0.05, 0.1) is 5.92 Å². The monoisotopic (exact) mass is 171 g/mol. The summed E-state index contributed by atoms with van der Waals surface area (Å²) in [5, 5.41) is 0. The van der Waals surface area contributed by atoms with Crippen molar-refractivity contribution in [2.24, 2.45) is 11.8 Å². The molecule has 0 spiro atoms. The van der Waals surface area contributed by atoms with E-state index in [0.29, 0.717) is 6.04 Å². The van der Waals surface area contributed by atoms with Crippen molar-refractivity contribution >= 4 is 5.91 Å². The molecule has 1 rings (SSSR count). The Balaban J connectivity index is 2.57. The molecule has 3 N–H and O–H groups in total. The highest BCUT2D eigenvalue weighted by atomic mass is 16.2. The fraction of sp³-hybridized carbons (Fsp3) is 0.875. The molecule has 1 aliphatic rings. The van der Waals surface area contributed by atoms with Crippen LogP contribution in [0.2, 0.25) is 0 Å². The predicted molar refractivity (Wildman–Crippen MR) is 47.1 cm³/mol. The van der Waals surface area contributed by atoms with Gasteiger partial charge in [0.25, 0.3) is 0 Å². The van der Waals surface area contributed by atoms with E-state index in [-0.39, 0.29) is 11.8 Å². The molecule has 0 aliphatic carbocycles. The van der Waals surface area contributed by atoms with Crippen LogP contribution < -0.4 is 11.3 Å². The van der Waals surface area contributed by atoms with Crippen LogP contribution in [0.4, 0.5) is 0 Å². The Hall–Kier alpha value is -0.610. The number of carbonyl (C=O) groups excluding carboxylic acids is 1. The second kappa shape index (κ2) is 3.87. The van der Waals surface area contributed by atoms with Crippen LogP contribution in [0.5, 0.6) is 0 Å². The zero-order chi connectivity index (χ0) is 9.14.